The van der Waals surface area contributed by atoms with Gasteiger partial charge in [0.15, 0.2) is 0 Å². The number of nitrogens with one attached hydrogen (secondary N) is 2. The minimum absolute atomic E-state index is 0.0513. The van der Waals surface area contributed by atoms with Crippen LogP contribution < -0.4 is 5.32 Å². The second kappa shape index (κ2) is 10.4. The number of ether oxygens (including phenoxy) is 1. The van der Waals surface area contributed by atoms with Crippen molar-refractivity contribution < 1.29 is 32.6 Å². The number of nitrogens with zero attached hydrogens (tertiary/aromatic N) is 2. The second-order valence-electron chi connectivity index (χ2n) is 11.5. The zero-order chi connectivity index (χ0) is 27.8. The average Bonchev–Trinajstić information content (AvgIpc) is 3.35. The molecular formula is C26H35F3N4O4. The topological polar surface area (TPSA) is 108 Å². The minimum Gasteiger partial charge on any atom is -0.444 e. The average molecular weight is 525 g/mol. The Bertz CT molecular complexity index is 1120. The number of amides is 2. The Hall–Kier alpha value is -3.08. The Morgan fingerprint density at radius 1 is 1.22 bits per heavy atom. The quantitative estimate of drug-likeness (QED) is 0.530. The molecule has 1 aromatic heterocycles. The van der Waals surface area contributed by atoms with Crippen LogP contribution in [0.4, 0.5) is 18.0 Å². The van der Waals surface area contributed by atoms with E-state index in [2.05, 4.69) is 15.3 Å². The van der Waals surface area contributed by atoms with Gasteiger partial charge in [-0.05, 0) is 37.8 Å². The van der Waals surface area contributed by atoms with Crippen LogP contribution in [0.1, 0.15) is 76.7 Å². The van der Waals surface area contributed by atoms with Crippen LogP contribution in [-0.2, 0) is 22.1 Å². The van der Waals surface area contributed by atoms with Crippen molar-refractivity contribution in [3.05, 3.63) is 53.1 Å². The lowest BCUT2D eigenvalue weighted by Crippen LogP contribution is -2.55. The highest BCUT2D eigenvalue weighted by atomic mass is 19.4. The third-order valence-corrected chi connectivity index (χ3v) is 5.95. The van der Waals surface area contributed by atoms with Crippen LogP contribution in [0.3, 0.4) is 0 Å². The number of hydrogen-bond acceptors (Lipinski definition) is 5. The molecule has 3 rings (SSSR count). The molecule has 3 atom stereocenters. The molecule has 1 fully saturated rings. The number of benzene rings is 1. The van der Waals surface area contributed by atoms with Crippen molar-refractivity contribution in [3.8, 4) is 0 Å². The van der Waals surface area contributed by atoms with Gasteiger partial charge in [0.05, 0.1) is 17.7 Å². The first-order valence-electron chi connectivity index (χ1n) is 12.1. The van der Waals surface area contributed by atoms with Gasteiger partial charge in [0.1, 0.15) is 17.5 Å². The monoisotopic (exact) mass is 524 g/mol. The molecule has 1 aliphatic heterocycles. The minimum atomic E-state index is -4.44. The number of carbonyl (C=O) groups excluding carboxylic acids is 2. The molecule has 0 unspecified atom stereocenters. The number of aromatic nitrogens is 2. The number of aromatic amines is 1. The van der Waals surface area contributed by atoms with Crippen LogP contribution in [0.15, 0.2) is 30.5 Å². The summed E-state index contributed by atoms with van der Waals surface area (Å²) in [6.45, 7) is 10.7. The number of aliphatic hydroxyl groups is 1. The van der Waals surface area contributed by atoms with E-state index in [0.29, 0.717) is 17.1 Å². The zero-order valence-corrected chi connectivity index (χ0v) is 21.9. The van der Waals surface area contributed by atoms with Gasteiger partial charge in [0.2, 0.25) is 5.91 Å². The first-order valence-corrected chi connectivity index (χ1v) is 12.1. The Morgan fingerprint density at radius 3 is 2.49 bits per heavy atom. The number of carbonyl (C=O) groups is 2. The van der Waals surface area contributed by atoms with Gasteiger partial charge in [-0.25, -0.2) is 9.78 Å². The van der Waals surface area contributed by atoms with Crippen molar-refractivity contribution in [2.24, 2.45) is 5.41 Å². The number of aliphatic hydroxyl groups excluding tert-OH is 1. The van der Waals surface area contributed by atoms with Crippen LogP contribution in [0, 0.1) is 5.41 Å². The number of halogens is 3. The molecule has 2 aromatic rings. The third-order valence-electron chi connectivity index (χ3n) is 5.95. The van der Waals surface area contributed by atoms with E-state index in [9.17, 15) is 27.9 Å². The first kappa shape index (κ1) is 28.5. The summed E-state index contributed by atoms with van der Waals surface area (Å²) in [4.78, 5) is 35.1. The fourth-order valence-corrected chi connectivity index (χ4v) is 4.27. The second-order valence-corrected chi connectivity index (χ2v) is 11.5. The van der Waals surface area contributed by atoms with Gasteiger partial charge in [-0.1, -0.05) is 39.0 Å². The lowest BCUT2D eigenvalue weighted by molar-refractivity contribution is -0.138. The van der Waals surface area contributed by atoms with Crippen molar-refractivity contribution in [1.29, 1.82) is 0 Å². The molecule has 204 valence electrons. The molecule has 8 nitrogen and oxygen atoms in total. The van der Waals surface area contributed by atoms with Crippen molar-refractivity contribution in [2.45, 2.75) is 84.3 Å². The van der Waals surface area contributed by atoms with E-state index in [1.807, 2.05) is 20.8 Å². The summed E-state index contributed by atoms with van der Waals surface area (Å²) in [6, 6.07) is 3.53. The highest BCUT2D eigenvalue weighted by Crippen LogP contribution is 2.34. The zero-order valence-electron chi connectivity index (χ0n) is 21.9. The van der Waals surface area contributed by atoms with Crippen LogP contribution >= 0.6 is 0 Å². The molecule has 0 saturated carbocycles. The molecule has 37 heavy (non-hydrogen) atoms. The highest BCUT2D eigenvalue weighted by molar-refractivity contribution is 5.87. The van der Waals surface area contributed by atoms with E-state index in [0.717, 1.165) is 12.1 Å². The molecule has 1 aliphatic rings. The van der Waals surface area contributed by atoms with Crippen LogP contribution in [0.5, 0.6) is 0 Å². The lowest BCUT2D eigenvalue weighted by atomic mass is 9.85. The molecule has 0 spiro atoms. The number of rotatable bonds is 5. The van der Waals surface area contributed by atoms with Crippen LogP contribution in [0.2, 0.25) is 0 Å². The van der Waals surface area contributed by atoms with Gasteiger partial charge < -0.3 is 25.0 Å². The van der Waals surface area contributed by atoms with E-state index in [1.165, 1.54) is 17.2 Å². The SMILES string of the molecule is CC(C)(C)OC(=O)N[C@H](C(=O)N1C[C@H](O)C[C@H]1c1ncc(Cc2cccc(C(F)(F)F)c2)[nH]1)C(C)(C)C. The molecule has 0 radical (unpaired) electrons. The Balaban J connectivity index is 1.80. The number of alkyl carbamates (subject to hydrolysis) is 1. The normalized spacial score (nSPS) is 19.6. The molecule has 11 heteroatoms. The molecular weight excluding hydrogens is 489 g/mol. The van der Waals surface area contributed by atoms with E-state index >= 15 is 0 Å². The Kier molecular flexibility index (Phi) is 7.97. The van der Waals surface area contributed by atoms with Gasteiger partial charge in [0, 0.05) is 31.3 Å². The van der Waals surface area contributed by atoms with Gasteiger partial charge >= 0.3 is 12.3 Å². The summed E-state index contributed by atoms with van der Waals surface area (Å²) in [5.74, 6) is 0.0209. The third kappa shape index (κ3) is 7.47. The van der Waals surface area contributed by atoms with Gasteiger partial charge in [-0.15, -0.1) is 0 Å². The number of likely N-dealkylation sites (tertiary alicyclic amines) is 1. The Morgan fingerprint density at radius 2 is 1.89 bits per heavy atom. The smallest absolute Gasteiger partial charge is 0.416 e. The molecule has 2 amide bonds. The van der Waals surface area contributed by atoms with Crippen molar-refractivity contribution in [2.75, 3.05) is 6.54 Å². The van der Waals surface area contributed by atoms with Crippen molar-refractivity contribution in [1.82, 2.24) is 20.2 Å². The maximum atomic E-state index is 13.6. The number of hydrogen-bond donors (Lipinski definition) is 3. The van der Waals surface area contributed by atoms with E-state index in [1.54, 1.807) is 26.8 Å². The van der Waals surface area contributed by atoms with E-state index in [-0.39, 0.29) is 19.4 Å². The van der Waals surface area contributed by atoms with Crippen LogP contribution in [-0.4, -0.2) is 56.3 Å². The van der Waals surface area contributed by atoms with Gasteiger partial charge in [-0.3, -0.25) is 4.79 Å². The molecule has 3 N–H and O–H groups in total. The van der Waals surface area contributed by atoms with Crippen molar-refractivity contribution >= 4 is 12.0 Å². The van der Waals surface area contributed by atoms with Gasteiger partial charge in [-0.2, -0.15) is 13.2 Å². The lowest BCUT2D eigenvalue weighted by Gasteiger charge is -2.35. The molecule has 1 saturated heterocycles. The summed E-state index contributed by atoms with van der Waals surface area (Å²) in [7, 11) is 0. The summed E-state index contributed by atoms with van der Waals surface area (Å²) < 4.78 is 44.5. The first-order chi connectivity index (χ1) is 16.9. The number of H-pyrrole nitrogens is 1. The van der Waals surface area contributed by atoms with E-state index in [4.69, 9.17) is 4.74 Å². The van der Waals surface area contributed by atoms with Crippen molar-refractivity contribution in [3.63, 3.8) is 0 Å². The number of β-amino-alcohol motifs (C(OH)–C–C–N with tert-alkyl or cyclic N) is 1. The van der Waals surface area contributed by atoms with Gasteiger partial charge in [0.25, 0.3) is 0 Å². The summed E-state index contributed by atoms with van der Waals surface area (Å²) in [5, 5.41) is 13.1. The highest BCUT2D eigenvalue weighted by Gasteiger charge is 2.44. The molecule has 2 heterocycles. The van der Waals surface area contributed by atoms with Crippen LogP contribution in [0.25, 0.3) is 0 Å². The number of imidazole rings is 1. The number of alkyl halides is 3. The predicted octanol–water partition coefficient (Wildman–Crippen LogP) is 4.59. The summed E-state index contributed by atoms with van der Waals surface area (Å²) in [6.07, 6.45) is -4.03. The fourth-order valence-electron chi connectivity index (χ4n) is 4.27. The fraction of sp³-hybridized carbons (Fsp3) is 0.577. The maximum absolute atomic E-state index is 13.6. The largest absolute Gasteiger partial charge is 0.444 e. The predicted molar refractivity (Wildman–Crippen MR) is 131 cm³/mol. The maximum Gasteiger partial charge on any atom is 0.416 e. The van der Waals surface area contributed by atoms with E-state index < -0.39 is 52.9 Å². The molecule has 0 aliphatic carbocycles. The molecule has 1 aromatic carbocycles. The summed E-state index contributed by atoms with van der Waals surface area (Å²) in [5.41, 5.74) is -1.11. The Labute approximate surface area is 214 Å². The summed E-state index contributed by atoms with van der Waals surface area (Å²) >= 11 is 0. The molecule has 0 bridgehead atoms. The standard InChI is InChI=1S/C26H35F3N4O4/c1-24(2,3)20(32-23(36)37-25(4,5)6)22(35)33-14-18(34)12-19(33)21-30-13-17(31-21)11-15-8-7-9-16(10-15)26(27,28)29/h7-10,13,18-20,34H,11-12,14H2,1-6H3,(H,30,31)(H,32,36)/t18-,19+,20-/m1/s1.